The maximum Gasteiger partial charge on any atom is 0.134 e. The summed E-state index contributed by atoms with van der Waals surface area (Å²) < 4.78 is 0. The minimum atomic E-state index is 0.571. The van der Waals surface area contributed by atoms with Crippen LogP contribution in [0.15, 0.2) is 28.7 Å². The van der Waals surface area contributed by atoms with Crippen LogP contribution in [-0.4, -0.2) is 17.8 Å². The van der Waals surface area contributed by atoms with Crippen LogP contribution < -0.4 is 5.43 Å². The van der Waals surface area contributed by atoms with Crippen LogP contribution in [0.4, 0.5) is 0 Å². The number of aliphatic imine (C=N–C) groups is 1. The lowest BCUT2D eigenvalue weighted by atomic mass is 10.3. The molecule has 4 nitrogen and oxygen atoms in total. The summed E-state index contributed by atoms with van der Waals surface area (Å²) in [6.07, 6.45) is 5.28. The Balaban J connectivity index is 2.30. The van der Waals surface area contributed by atoms with Gasteiger partial charge in [0.2, 0.25) is 0 Å². The van der Waals surface area contributed by atoms with E-state index in [4.69, 9.17) is 5.26 Å². The van der Waals surface area contributed by atoms with Crippen molar-refractivity contribution in [3.63, 3.8) is 0 Å². The fourth-order valence-corrected chi connectivity index (χ4v) is 1.04. The Kier molecular flexibility index (Phi) is 1.16. The van der Waals surface area contributed by atoms with Gasteiger partial charge in [0, 0.05) is 12.3 Å². The van der Waals surface area contributed by atoms with E-state index in [0.717, 1.165) is 5.70 Å². The average molecular weight is 146 g/mol. The van der Waals surface area contributed by atoms with Gasteiger partial charge in [-0.15, -0.1) is 0 Å². The first-order chi connectivity index (χ1) is 5.40. The van der Waals surface area contributed by atoms with Crippen molar-refractivity contribution >= 4 is 6.21 Å². The highest BCUT2D eigenvalue weighted by atomic mass is 15.5. The van der Waals surface area contributed by atoms with E-state index in [9.17, 15) is 0 Å². The van der Waals surface area contributed by atoms with Crippen molar-refractivity contribution in [2.24, 2.45) is 4.99 Å². The lowest BCUT2D eigenvalue weighted by Crippen LogP contribution is -2.33. The molecule has 0 atom stereocenters. The van der Waals surface area contributed by atoms with Crippen LogP contribution in [0.2, 0.25) is 0 Å². The van der Waals surface area contributed by atoms with Gasteiger partial charge in [0.25, 0.3) is 0 Å². The smallest absolute Gasteiger partial charge is 0.134 e. The van der Waals surface area contributed by atoms with Crippen molar-refractivity contribution in [3.05, 3.63) is 23.7 Å². The molecule has 0 spiro atoms. The van der Waals surface area contributed by atoms with Crippen molar-refractivity contribution in [1.29, 1.82) is 5.26 Å². The second-order valence-electron chi connectivity index (χ2n) is 2.28. The van der Waals surface area contributed by atoms with E-state index in [2.05, 4.69) is 10.4 Å². The minimum Gasteiger partial charge on any atom is -0.288 e. The van der Waals surface area contributed by atoms with Crippen LogP contribution in [0, 0.1) is 11.3 Å². The van der Waals surface area contributed by atoms with Gasteiger partial charge < -0.3 is 0 Å². The fraction of sp³-hybridized carbons (Fsp3) is 0.143. The summed E-state index contributed by atoms with van der Waals surface area (Å²) >= 11 is 0. The molecule has 0 aliphatic carbocycles. The molecule has 0 amide bonds. The van der Waals surface area contributed by atoms with Gasteiger partial charge in [-0.25, -0.2) is 0 Å². The van der Waals surface area contributed by atoms with Crippen LogP contribution in [0.3, 0.4) is 0 Å². The molecular formula is C7H6N4. The van der Waals surface area contributed by atoms with E-state index >= 15 is 0 Å². The average Bonchev–Trinajstić information content (AvgIpc) is 2.46. The Morgan fingerprint density at radius 3 is 3.36 bits per heavy atom. The van der Waals surface area contributed by atoms with E-state index < -0.39 is 0 Å². The molecule has 1 N–H and O–H groups in total. The van der Waals surface area contributed by atoms with Crippen LogP contribution in [0.5, 0.6) is 0 Å². The molecule has 2 aliphatic rings. The number of nitrogens with zero attached hydrogens (tertiary/aromatic N) is 3. The Bertz CT molecular complexity index is 305. The topological polar surface area (TPSA) is 51.4 Å². The number of allylic oxidation sites excluding steroid dienone is 2. The zero-order chi connectivity index (χ0) is 7.68. The van der Waals surface area contributed by atoms with Gasteiger partial charge in [0.05, 0.1) is 18.4 Å². The SMILES string of the molecule is N#CC1=CC2=CN=CCN2N1. The van der Waals surface area contributed by atoms with Gasteiger partial charge in [0.15, 0.2) is 0 Å². The fourth-order valence-electron chi connectivity index (χ4n) is 1.04. The first-order valence-corrected chi connectivity index (χ1v) is 3.28. The lowest BCUT2D eigenvalue weighted by molar-refractivity contribution is 0.349. The number of fused-ring (bicyclic) bond motifs is 1. The third-order valence-corrected chi connectivity index (χ3v) is 1.56. The number of hydrogen-bond acceptors (Lipinski definition) is 4. The Labute approximate surface area is 64.1 Å². The second kappa shape index (κ2) is 2.13. The molecule has 0 fully saturated rings. The third kappa shape index (κ3) is 0.867. The van der Waals surface area contributed by atoms with Crippen molar-refractivity contribution in [1.82, 2.24) is 10.4 Å². The largest absolute Gasteiger partial charge is 0.288 e. The lowest BCUT2D eigenvalue weighted by Gasteiger charge is -2.19. The zero-order valence-corrected chi connectivity index (χ0v) is 5.78. The van der Waals surface area contributed by atoms with E-state index in [1.807, 2.05) is 11.1 Å². The van der Waals surface area contributed by atoms with Gasteiger partial charge in [-0.05, 0) is 0 Å². The maximum atomic E-state index is 8.54. The molecule has 0 saturated heterocycles. The number of hydrogen-bond donors (Lipinski definition) is 1. The Morgan fingerprint density at radius 2 is 2.64 bits per heavy atom. The molecule has 2 heterocycles. The number of hydrazine groups is 1. The highest BCUT2D eigenvalue weighted by Gasteiger charge is 2.17. The standard InChI is InChI=1S/C7H6N4/c8-4-6-3-7-5-9-1-2-11(7)10-6/h1,3,5,10H,2H2. The van der Waals surface area contributed by atoms with Crippen LogP contribution in [0.25, 0.3) is 0 Å². The molecule has 0 aromatic rings. The summed E-state index contributed by atoms with van der Waals surface area (Å²) in [5, 5.41) is 10.4. The predicted molar refractivity (Wildman–Crippen MR) is 40.1 cm³/mol. The van der Waals surface area contributed by atoms with E-state index in [-0.39, 0.29) is 0 Å². The summed E-state index contributed by atoms with van der Waals surface area (Å²) in [6.45, 7) is 0.716. The molecule has 0 aromatic carbocycles. The van der Waals surface area contributed by atoms with E-state index in [0.29, 0.717) is 12.2 Å². The molecule has 54 valence electrons. The third-order valence-electron chi connectivity index (χ3n) is 1.56. The molecular weight excluding hydrogens is 140 g/mol. The monoisotopic (exact) mass is 146 g/mol. The number of nitriles is 1. The number of rotatable bonds is 0. The van der Waals surface area contributed by atoms with Crippen LogP contribution in [-0.2, 0) is 0 Å². The van der Waals surface area contributed by atoms with Gasteiger partial charge in [-0.1, -0.05) is 0 Å². The second-order valence-corrected chi connectivity index (χ2v) is 2.28. The number of nitrogens with one attached hydrogen (secondary N) is 1. The molecule has 4 heteroatoms. The predicted octanol–water partition coefficient (Wildman–Crippen LogP) is 0.140. The van der Waals surface area contributed by atoms with E-state index in [1.165, 1.54) is 0 Å². The summed E-state index contributed by atoms with van der Waals surface area (Å²) in [5.74, 6) is 0. The highest BCUT2D eigenvalue weighted by Crippen LogP contribution is 2.15. The molecule has 0 saturated carbocycles. The molecule has 0 aromatic heterocycles. The van der Waals surface area contributed by atoms with Gasteiger partial charge in [-0.2, -0.15) is 5.26 Å². The summed E-state index contributed by atoms with van der Waals surface area (Å²) in [4.78, 5) is 3.97. The maximum absolute atomic E-state index is 8.54. The zero-order valence-electron chi connectivity index (χ0n) is 5.78. The van der Waals surface area contributed by atoms with Crippen LogP contribution in [0.1, 0.15) is 0 Å². The molecule has 11 heavy (non-hydrogen) atoms. The Morgan fingerprint density at radius 1 is 1.73 bits per heavy atom. The minimum absolute atomic E-state index is 0.571. The first-order valence-electron chi connectivity index (χ1n) is 3.28. The van der Waals surface area contributed by atoms with Crippen molar-refractivity contribution in [3.8, 4) is 6.07 Å². The molecule has 2 aliphatic heterocycles. The first kappa shape index (κ1) is 5.98. The molecule has 0 unspecified atom stereocenters. The summed E-state index contributed by atoms with van der Waals surface area (Å²) in [5.41, 5.74) is 4.44. The summed E-state index contributed by atoms with van der Waals surface area (Å²) in [7, 11) is 0. The molecule has 0 radical (unpaired) electrons. The summed E-state index contributed by atoms with van der Waals surface area (Å²) in [6, 6.07) is 2.03. The highest BCUT2D eigenvalue weighted by molar-refractivity contribution is 5.63. The molecule has 2 rings (SSSR count). The normalized spacial score (nSPS) is 19.7. The van der Waals surface area contributed by atoms with Gasteiger partial charge >= 0.3 is 0 Å². The quantitative estimate of drug-likeness (QED) is 0.529. The van der Waals surface area contributed by atoms with E-state index in [1.54, 1.807) is 18.5 Å². The van der Waals surface area contributed by atoms with Crippen molar-refractivity contribution in [2.45, 2.75) is 0 Å². The van der Waals surface area contributed by atoms with Gasteiger partial charge in [0.1, 0.15) is 11.8 Å². The van der Waals surface area contributed by atoms with Gasteiger partial charge in [-0.3, -0.25) is 15.4 Å². The molecule has 0 bridgehead atoms. The van der Waals surface area contributed by atoms with Crippen LogP contribution >= 0.6 is 0 Å². The Hall–Kier alpha value is -1.76. The van der Waals surface area contributed by atoms with Crippen molar-refractivity contribution < 1.29 is 0 Å². The van der Waals surface area contributed by atoms with Crippen molar-refractivity contribution in [2.75, 3.05) is 6.54 Å².